The molecule has 0 saturated carbocycles. The highest BCUT2D eigenvalue weighted by atomic mass is 16.1. The monoisotopic (exact) mass is 210 g/mol. The van der Waals surface area contributed by atoms with Crippen molar-refractivity contribution >= 4 is 12.5 Å². The molecule has 0 aromatic heterocycles. The Morgan fingerprint density at radius 1 is 1.50 bits per heavy atom. The van der Waals surface area contributed by atoms with Gasteiger partial charge in [-0.3, -0.25) is 9.79 Å². The Kier molecular flexibility index (Phi) is 2.93. The summed E-state index contributed by atoms with van der Waals surface area (Å²) >= 11 is 0. The second kappa shape index (κ2) is 4.54. The summed E-state index contributed by atoms with van der Waals surface area (Å²) in [4.78, 5) is 15.0. The molecule has 0 bridgehead atoms. The van der Waals surface area contributed by atoms with Crippen molar-refractivity contribution in [2.24, 2.45) is 4.99 Å². The number of nitrogens with zero attached hydrogens (tertiary/aromatic N) is 2. The first-order chi connectivity index (χ1) is 7.83. The van der Waals surface area contributed by atoms with Gasteiger partial charge in [0.15, 0.2) is 0 Å². The van der Waals surface area contributed by atoms with E-state index < -0.39 is 0 Å². The van der Waals surface area contributed by atoms with E-state index in [4.69, 9.17) is 5.26 Å². The summed E-state index contributed by atoms with van der Waals surface area (Å²) in [5.41, 5.74) is 2.33. The average Bonchev–Trinajstić information content (AvgIpc) is 2.39. The molecule has 0 radical (unpaired) electrons. The summed E-state index contributed by atoms with van der Waals surface area (Å²) in [7, 11) is 0. The van der Waals surface area contributed by atoms with Crippen LogP contribution in [0.5, 0.6) is 0 Å². The van der Waals surface area contributed by atoms with E-state index >= 15 is 0 Å². The third-order valence-corrected chi connectivity index (χ3v) is 2.54. The molecule has 0 N–H and O–H groups in total. The number of carbonyl (C=O) groups is 1. The first-order valence-electron chi connectivity index (χ1n) is 5.01. The molecule has 0 saturated heterocycles. The van der Waals surface area contributed by atoms with Gasteiger partial charge in [-0.05, 0) is 29.3 Å². The number of allylic oxidation sites excluding steroid dienone is 1. The van der Waals surface area contributed by atoms with Crippen molar-refractivity contribution in [2.75, 3.05) is 0 Å². The molecule has 3 heteroatoms. The third kappa shape index (κ3) is 2.06. The van der Waals surface area contributed by atoms with Crippen LogP contribution in [0.2, 0.25) is 0 Å². The zero-order chi connectivity index (χ0) is 11.4. The summed E-state index contributed by atoms with van der Waals surface area (Å²) in [6.07, 6.45) is 4.83. The first kappa shape index (κ1) is 10.3. The van der Waals surface area contributed by atoms with E-state index in [1.807, 2.05) is 18.2 Å². The van der Waals surface area contributed by atoms with Crippen molar-refractivity contribution < 1.29 is 4.79 Å². The van der Waals surface area contributed by atoms with Gasteiger partial charge < -0.3 is 0 Å². The second-order valence-electron chi connectivity index (χ2n) is 3.61. The van der Waals surface area contributed by atoms with Crippen LogP contribution in [0.15, 0.2) is 40.9 Å². The lowest BCUT2D eigenvalue weighted by Gasteiger charge is -2.15. The zero-order valence-electron chi connectivity index (χ0n) is 8.63. The zero-order valence-corrected chi connectivity index (χ0v) is 8.63. The molecular formula is C13H10N2O. The minimum Gasteiger partial charge on any atom is -0.298 e. The fourth-order valence-electron chi connectivity index (χ4n) is 1.69. The summed E-state index contributed by atoms with van der Waals surface area (Å²) in [5, 5.41) is 8.80. The van der Waals surface area contributed by atoms with Gasteiger partial charge in [-0.15, -0.1) is 0 Å². The predicted molar refractivity (Wildman–Crippen MR) is 61.2 cm³/mol. The molecule has 1 atom stereocenters. The number of aliphatic imine (C=N–C) groups is 1. The van der Waals surface area contributed by atoms with E-state index in [-0.39, 0.29) is 6.04 Å². The molecule has 1 heterocycles. The van der Waals surface area contributed by atoms with Crippen LogP contribution in [0.25, 0.3) is 0 Å². The lowest BCUT2D eigenvalue weighted by Crippen LogP contribution is -2.03. The molecule has 0 amide bonds. The predicted octanol–water partition coefficient (Wildman–Crippen LogP) is 2.20. The van der Waals surface area contributed by atoms with Crippen LogP contribution >= 0.6 is 0 Å². The van der Waals surface area contributed by atoms with Crippen molar-refractivity contribution in [3.05, 3.63) is 47.0 Å². The third-order valence-electron chi connectivity index (χ3n) is 2.54. The Hall–Kier alpha value is -2.21. The molecule has 1 aromatic carbocycles. The van der Waals surface area contributed by atoms with Crippen LogP contribution in [0.1, 0.15) is 23.6 Å². The van der Waals surface area contributed by atoms with Crippen LogP contribution in [-0.4, -0.2) is 12.5 Å². The molecule has 16 heavy (non-hydrogen) atoms. The maximum atomic E-state index is 10.7. The Labute approximate surface area is 93.7 Å². The standard InChI is InChI=1S/C13H10N2O/c14-8-10-2-1-3-12(6-10)13-7-11(9-16)4-5-15-13/h1-6,9,13H,7H2. The number of nitriles is 1. The first-order valence-corrected chi connectivity index (χ1v) is 5.01. The lowest BCUT2D eigenvalue weighted by atomic mass is 9.97. The van der Waals surface area contributed by atoms with Crippen LogP contribution in [0.3, 0.4) is 0 Å². The molecule has 0 fully saturated rings. The van der Waals surface area contributed by atoms with E-state index in [1.54, 1.807) is 18.4 Å². The highest BCUT2D eigenvalue weighted by Crippen LogP contribution is 2.26. The van der Waals surface area contributed by atoms with Gasteiger partial charge in [-0.2, -0.15) is 5.26 Å². The molecule has 0 aliphatic carbocycles. The number of hydrogen-bond donors (Lipinski definition) is 0. The topological polar surface area (TPSA) is 53.2 Å². The van der Waals surface area contributed by atoms with Gasteiger partial charge in [0.25, 0.3) is 0 Å². The molecule has 1 unspecified atom stereocenters. The molecular weight excluding hydrogens is 200 g/mol. The number of rotatable bonds is 2. The highest BCUT2D eigenvalue weighted by molar-refractivity contribution is 5.85. The van der Waals surface area contributed by atoms with Crippen molar-refractivity contribution in [2.45, 2.75) is 12.5 Å². The van der Waals surface area contributed by atoms with E-state index in [2.05, 4.69) is 11.1 Å². The maximum Gasteiger partial charge on any atom is 0.146 e. The average molecular weight is 210 g/mol. The van der Waals surface area contributed by atoms with Crippen molar-refractivity contribution in [1.29, 1.82) is 5.26 Å². The number of carbonyl (C=O) groups excluding carboxylic acids is 1. The molecule has 3 nitrogen and oxygen atoms in total. The largest absolute Gasteiger partial charge is 0.298 e. The maximum absolute atomic E-state index is 10.7. The Balaban J connectivity index is 2.26. The van der Waals surface area contributed by atoms with Gasteiger partial charge in [-0.25, -0.2) is 0 Å². The van der Waals surface area contributed by atoms with E-state index in [0.717, 1.165) is 17.4 Å². The normalized spacial score (nSPS) is 18.7. The van der Waals surface area contributed by atoms with Crippen LogP contribution in [0.4, 0.5) is 0 Å². The van der Waals surface area contributed by atoms with Gasteiger partial charge >= 0.3 is 0 Å². The number of benzene rings is 1. The lowest BCUT2D eigenvalue weighted by molar-refractivity contribution is -0.105. The van der Waals surface area contributed by atoms with Gasteiger partial charge in [0.2, 0.25) is 0 Å². The minimum absolute atomic E-state index is 0.0431. The Morgan fingerprint density at radius 2 is 2.38 bits per heavy atom. The van der Waals surface area contributed by atoms with Gasteiger partial charge in [-0.1, -0.05) is 12.1 Å². The van der Waals surface area contributed by atoms with Gasteiger partial charge in [0.1, 0.15) is 6.29 Å². The Bertz CT molecular complexity index is 509. The number of hydrogen-bond acceptors (Lipinski definition) is 3. The SMILES string of the molecule is N#Cc1cccc(C2CC(C=O)=CC=N2)c1. The smallest absolute Gasteiger partial charge is 0.146 e. The molecule has 1 aromatic rings. The summed E-state index contributed by atoms with van der Waals surface area (Å²) in [6, 6.07) is 9.39. The van der Waals surface area contributed by atoms with E-state index in [9.17, 15) is 4.79 Å². The van der Waals surface area contributed by atoms with E-state index in [0.29, 0.717) is 12.0 Å². The van der Waals surface area contributed by atoms with Crippen LogP contribution in [-0.2, 0) is 4.79 Å². The fourth-order valence-corrected chi connectivity index (χ4v) is 1.69. The van der Waals surface area contributed by atoms with Crippen molar-refractivity contribution in [3.63, 3.8) is 0 Å². The summed E-state index contributed by atoms with van der Waals surface area (Å²) < 4.78 is 0. The molecule has 0 spiro atoms. The second-order valence-corrected chi connectivity index (χ2v) is 3.61. The van der Waals surface area contributed by atoms with Crippen LogP contribution < -0.4 is 0 Å². The van der Waals surface area contributed by atoms with Gasteiger partial charge in [0, 0.05) is 12.6 Å². The quantitative estimate of drug-likeness (QED) is 0.702. The summed E-state index contributed by atoms with van der Waals surface area (Å²) in [6.45, 7) is 0. The number of dihydropyridines is 1. The molecule has 1 aliphatic heterocycles. The highest BCUT2D eigenvalue weighted by Gasteiger charge is 2.14. The van der Waals surface area contributed by atoms with Gasteiger partial charge in [0.05, 0.1) is 17.7 Å². The fraction of sp³-hybridized carbons (Fsp3) is 0.154. The van der Waals surface area contributed by atoms with E-state index in [1.165, 1.54) is 0 Å². The van der Waals surface area contributed by atoms with Crippen LogP contribution in [0, 0.1) is 11.3 Å². The molecule has 2 rings (SSSR count). The summed E-state index contributed by atoms with van der Waals surface area (Å²) in [5.74, 6) is 0. The molecule has 1 aliphatic rings. The number of aldehydes is 1. The Morgan fingerprint density at radius 3 is 3.12 bits per heavy atom. The van der Waals surface area contributed by atoms with Crippen molar-refractivity contribution in [3.8, 4) is 6.07 Å². The molecule has 78 valence electrons. The van der Waals surface area contributed by atoms with Crippen molar-refractivity contribution in [1.82, 2.24) is 0 Å². The minimum atomic E-state index is -0.0431.